The van der Waals surface area contributed by atoms with Crippen molar-refractivity contribution in [2.24, 2.45) is 5.14 Å². The first-order valence-corrected chi connectivity index (χ1v) is 7.89. The van der Waals surface area contributed by atoms with Gasteiger partial charge < -0.3 is 9.84 Å². The molecule has 0 aliphatic carbocycles. The lowest BCUT2D eigenvalue weighted by molar-refractivity contribution is -0.138. The number of rotatable bonds is 4. The minimum Gasteiger partial charge on any atom is -0.478 e. The van der Waals surface area contributed by atoms with E-state index < -0.39 is 38.9 Å². The first-order chi connectivity index (χ1) is 11.0. The molecule has 1 unspecified atom stereocenters. The quantitative estimate of drug-likeness (QED) is 0.774. The molecular formula is C14H11F3N2O4S. The second-order valence-corrected chi connectivity index (χ2v) is 6.36. The van der Waals surface area contributed by atoms with E-state index >= 15 is 0 Å². The molecule has 1 atom stereocenters. The van der Waals surface area contributed by atoms with Crippen LogP contribution in [0.3, 0.4) is 0 Å². The summed E-state index contributed by atoms with van der Waals surface area (Å²) in [7, 11) is -3.44. The number of hydrogen-bond acceptors (Lipinski definition) is 4. The normalized spacial score (nSPS) is 14.0. The van der Waals surface area contributed by atoms with Gasteiger partial charge in [0.25, 0.3) is 0 Å². The first kappa shape index (κ1) is 17.8. The highest BCUT2D eigenvalue weighted by Gasteiger charge is 2.35. The monoisotopic (exact) mass is 360 g/mol. The third-order valence-electron chi connectivity index (χ3n) is 2.93. The Balaban J connectivity index is 2.40. The molecule has 0 bridgehead atoms. The van der Waals surface area contributed by atoms with E-state index in [-0.39, 0.29) is 10.6 Å². The Morgan fingerprint density at radius 2 is 1.75 bits per heavy atom. The highest BCUT2D eigenvalue weighted by molar-refractivity contribution is 7.90. The average molecular weight is 360 g/mol. The zero-order chi connectivity index (χ0) is 18.1. The number of benzene rings is 2. The minimum absolute atomic E-state index is 0.00730. The minimum atomic E-state index is -4.81. The van der Waals surface area contributed by atoms with Gasteiger partial charge in [0.15, 0.2) is 0 Å². The number of carboxylic acid groups (broad SMARTS) is 1. The Kier molecular flexibility index (Phi) is 4.54. The lowest BCUT2D eigenvalue weighted by Gasteiger charge is -2.14. The van der Waals surface area contributed by atoms with Gasteiger partial charge in [0.05, 0.1) is 16.0 Å². The van der Waals surface area contributed by atoms with Crippen molar-refractivity contribution in [3.8, 4) is 11.5 Å². The summed E-state index contributed by atoms with van der Waals surface area (Å²) in [6, 6.07) is 7.17. The van der Waals surface area contributed by atoms with Crippen molar-refractivity contribution in [2.75, 3.05) is 0 Å². The molecule has 4 N–H and O–H groups in total. The molecule has 0 saturated heterocycles. The lowest BCUT2D eigenvalue weighted by atomic mass is 10.1. The van der Waals surface area contributed by atoms with Crippen LogP contribution in [0.15, 0.2) is 47.4 Å². The maximum atomic E-state index is 13.1. The van der Waals surface area contributed by atoms with Gasteiger partial charge in [0, 0.05) is 0 Å². The average Bonchev–Trinajstić information content (AvgIpc) is 2.46. The van der Waals surface area contributed by atoms with Crippen molar-refractivity contribution in [1.82, 2.24) is 0 Å². The van der Waals surface area contributed by atoms with Gasteiger partial charge >= 0.3 is 12.1 Å². The highest BCUT2D eigenvalue weighted by Crippen LogP contribution is 2.38. The van der Waals surface area contributed by atoms with Crippen LogP contribution in [-0.4, -0.2) is 15.3 Å². The molecule has 0 fully saturated rings. The first-order valence-electron chi connectivity index (χ1n) is 6.27. The van der Waals surface area contributed by atoms with E-state index in [1.807, 2.05) is 0 Å². The van der Waals surface area contributed by atoms with Crippen molar-refractivity contribution >= 4 is 15.9 Å². The van der Waals surface area contributed by atoms with E-state index in [4.69, 9.17) is 19.8 Å². The molecule has 2 rings (SSSR count). The summed E-state index contributed by atoms with van der Waals surface area (Å²) in [4.78, 5) is 10.8. The fourth-order valence-corrected chi connectivity index (χ4v) is 2.35. The van der Waals surface area contributed by atoms with E-state index in [9.17, 15) is 22.2 Å². The zero-order valence-corrected chi connectivity index (χ0v) is 12.6. The smallest absolute Gasteiger partial charge is 0.420 e. The summed E-state index contributed by atoms with van der Waals surface area (Å²) in [5.41, 5.74) is -1.77. The largest absolute Gasteiger partial charge is 0.478 e. The molecule has 0 aliphatic rings. The predicted octanol–water partition coefficient (Wildman–Crippen LogP) is 3.48. The van der Waals surface area contributed by atoms with Crippen LogP contribution in [0.4, 0.5) is 13.2 Å². The number of hydrogen-bond donors (Lipinski definition) is 3. The molecule has 0 aromatic heterocycles. The molecule has 2 aromatic rings. The van der Waals surface area contributed by atoms with Crippen molar-refractivity contribution in [2.45, 2.75) is 11.1 Å². The Labute approximate surface area is 134 Å². The number of carboxylic acids is 1. The second-order valence-electron chi connectivity index (χ2n) is 4.69. The molecule has 0 radical (unpaired) electrons. The summed E-state index contributed by atoms with van der Waals surface area (Å²) in [5.74, 6) is -2.10. The Morgan fingerprint density at radius 1 is 1.17 bits per heavy atom. The van der Waals surface area contributed by atoms with Crippen LogP contribution in [0.1, 0.15) is 15.9 Å². The van der Waals surface area contributed by atoms with Crippen LogP contribution < -0.4 is 9.88 Å². The molecule has 0 spiro atoms. The topological polar surface area (TPSA) is 113 Å². The summed E-state index contributed by atoms with van der Waals surface area (Å²) >= 11 is 0. The summed E-state index contributed by atoms with van der Waals surface area (Å²) in [5, 5.41) is 13.9. The Bertz CT molecular complexity index is 878. The predicted molar refractivity (Wildman–Crippen MR) is 78.2 cm³/mol. The maximum absolute atomic E-state index is 13.1. The fraction of sp³-hybridized carbons (Fsp3) is 0.0714. The number of carbonyl (C=O) groups is 1. The molecule has 24 heavy (non-hydrogen) atoms. The number of halogens is 3. The van der Waals surface area contributed by atoms with Crippen molar-refractivity contribution in [3.63, 3.8) is 0 Å². The van der Waals surface area contributed by atoms with Gasteiger partial charge in [-0.2, -0.15) is 13.2 Å². The SMILES string of the molecule is N=S(N)(=O)c1ccc(Oc2ccc(C(=O)O)cc2C(F)(F)F)cc1. The third kappa shape index (κ3) is 4.03. The number of nitrogens with one attached hydrogen (secondary N) is 1. The molecule has 2 aromatic carbocycles. The molecule has 0 amide bonds. The van der Waals surface area contributed by atoms with Gasteiger partial charge in [0.2, 0.25) is 0 Å². The molecule has 10 heteroatoms. The van der Waals surface area contributed by atoms with Crippen LogP contribution in [0.2, 0.25) is 0 Å². The van der Waals surface area contributed by atoms with E-state index in [0.717, 1.165) is 12.1 Å². The van der Waals surface area contributed by atoms with Gasteiger partial charge in [-0.3, -0.25) is 0 Å². The lowest BCUT2D eigenvalue weighted by Crippen LogP contribution is -2.10. The van der Waals surface area contributed by atoms with Crippen molar-refractivity contribution < 1.29 is 32.0 Å². The summed E-state index contributed by atoms with van der Waals surface area (Å²) in [6.45, 7) is 0. The second kappa shape index (κ2) is 6.13. The fourth-order valence-electron chi connectivity index (χ4n) is 1.81. The molecule has 128 valence electrons. The summed E-state index contributed by atoms with van der Waals surface area (Å²) in [6.07, 6.45) is -4.81. The van der Waals surface area contributed by atoms with Gasteiger partial charge in [-0.1, -0.05) is 0 Å². The van der Waals surface area contributed by atoms with Crippen LogP contribution in [0.5, 0.6) is 11.5 Å². The Hall–Kier alpha value is -2.59. The summed E-state index contributed by atoms with van der Waals surface area (Å²) < 4.78 is 62.9. The van der Waals surface area contributed by atoms with Gasteiger partial charge in [0.1, 0.15) is 21.4 Å². The van der Waals surface area contributed by atoms with Gasteiger partial charge in [-0.05, 0) is 42.5 Å². The van der Waals surface area contributed by atoms with E-state index in [0.29, 0.717) is 6.07 Å². The van der Waals surface area contributed by atoms with E-state index in [2.05, 4.69) is 0 Å². The Morgan fingerprint density at radius 3 is 2.21 bits per heavy atom. The maximum Gasteiger partial charge on any atom is 0.420 e. The molecule has 0 saturated carbocycles. The van der Waals surface area contributed by atoms with Gasteiger partial charge in [-0.25, -0.2) is 18.9 Å². The number of nitrogens with two attached hydrogens (primary N) is 1. The zero-order valence-electron chi connectivity index (χ0n) is 11.8. The van der Waals surface area contributed by atoms with Crippen molar-refractivity contribution in [3.05, 3.63) is 53.6 Å². The number of aromatic carboxylic acids is 1. The number of alkyl halides is 3. The molecule has 6 nitrogen and oxygen atoms in total. The van der Waals surface area contributed by atoms with Gasteiger partial charge in [-0.15, -0.1) is 0 Å². The highest BCUT2D eigenvalue weighted by atomic mass is 32.2. The molecular weight excluding hydrogens is 349 g/mol. The standard InChI is InChI=1S/C14H11F3N2O4S/c15-14(16,17)11-7-8(13(20)21)1-6-12(11)23-9-2-4-10(5-3-9)24(18,19)22/h1-7H,(H,20,21)(H3,18,19,22). The van der Waals surface area contributed by atoms with Crippen molar-refractivity contribution in [1.29, 1.82) is 4.78 Å². The molecule has 0 aliphatic heterocycles. The third-order valence-corrected chi connectivity index (χ3v) is 3.91. The van der Waals surface area contributed by atoms with E-state index in [1.165, 1.54) is 24.3 Å². The van der Waals surface area contributed by atoms with Crippen LogP contribution in [-0.2, 0) is 16.1 Å². The molecule has 0 heterocycles. The van der Waals surface area contributed by atoms with Crippen LogP contribution in [0, 0.1) is 4.78 Å². The van der Waals surface area contributed by atoms with E-state index in [1.54, 1.807) is 0 Å². The van der Waals surface area contributed by atoms with Crippen LogP contribution in [0.25, 0.3) is 0 Å². The number of ether oxygens (including phenoxy) is 1. The van der Waals surface area contributed by atoms with Crippen LogP contribution >= 0.6 is 0 Å².